The summed E-state index contributed by atoms with van der Waals surface area (Å²) in [5, 5.41) is 8.50. The molecule has 1 saturated heterocycles. The Hall–Kier alpha value is -1.30. The van der Waals surface area contributed by atoms with Crippen molar-refractivity contribution in [2.75, 3.05) is 26.2 Å². The zero-order valence-corrected chi connectivity index (χ0v) is 9.54. The minimum Gasteiger partial charge on any atom is -0.465 e. The van der Waals surface area contributed by atoms with Crippen LogP contribution in [-0.2, 0) is 9.53 Å². The molecule has 0 unspecified atom stereocenters. The Kier molecular flexibility index (Phi) is 5.63. The van der Waals surface area contributed by atoms with Crippen molar-refractivity contribution in [2.24, 2.45) is 0 Å². The maximum atomic E-state index is 11.4. The predicted octanol–water partition coefficient (Wildman–Crippen LogP) is -0.399. The van der Waals surface area contributed by atoms with Crippen LogP contribution in [0.4, 0.5) is 4.79 Å². The summed E-state index contributed by atoms with van der Waals surface area (Å²) in [5.74, 6) is -0.414. The van der Waals surface area contributed by atoms with Crippen LogP contribution >= 0.6 is 0 Å². The molecule has 6 heteroatoms. The third-order valence-corrected chi connectivity index (χ3v) is 2.37. The summed E-state index contributed by atoms with van der Waals surface area (Å²) >= 11 is 0. The zero-order valence-electron chi connectivity index (χ0n) is 9.54. The zero-order chi connectivity index (χ0) is 11.8. The lowest BCUT2D eigenvalue weighted by Crippen LogP contribution is -2.47. The number of nitrogens with one attached hydrogen (secondary N) is 3. The van der Waals surface area contributed by atoms with Crippen molar-refractivity contribution in [3.8, 4) is 0 Å². The van der Waals surface area contributed by atoms with Gasteiger partial charge in [-0.2, -0.15) is 0 Å². The highest BCUT2D eigenvalue weighted by Gasteiger charge is 2.15. The summed E-state index contributed by atoms with van der Waals surface area (Å²) in [7, 11) is 0. The molecule has 0 saturated carbocycles. The van der Waals surface area contributed by atoms with Gasteiger partial charge in [0.05, 0.1) is 6.61 Å². The number of hydrogen-bond donors (Lipinski definition) is 3. The molecule has 1 fully saturated rings. The van der Waals surface area contributed by atoms with Gasteiger partial charge in [0.25, 0.3) is 0 Å². The van der Waals surface area contributed by atoms with Crippen molar-refractivity contribution in [1.82, 2.24) is 16.0 Å². The van der Waals surface area contributed by atoms with Gasteiger partial charge in [-0.15, -0.1) is 0 Å². The number of rotatable bonds is 4. The summed E-state index contributed by atoms with van der Waals surface area (Å²) < 4.78 is 4.69. The third kappa shape index (κ3) is 4.97. The van der Waals surface area contributed by atoms with Crippen LogP contribution in [0.25, 0.3) is 0 Å². The number of hydrogen-bond acceptors (Lipinski definition) is 4. The first-order valence-electron chi connectivity index (χ1n) is 5.63. The fraction of sp³-hybridized carbons (Fsp3) is 0.800. The van der Waals surface area contributed by atoms with Crippen molar-refractivity contribution in [1.29, 1.82) is 0 Å². The van der Waals surface area contributed by atoms with E-state index in [4.69, 9.17) is 4.74 Å². The first-order valence-corrected chi connectivity index (χ1v) is 5.63. The highest BCUT2D eigenvalue weighted by Crippen LogP contribution is 2.00. The molecule has 0 radical (unpaired) electrons. The van der Waals surface area contributed by atoms with Gasteiger partial charge in [-0.3, -0.25) is 4.79 Å². The van der Waals surface area contributed by atoms with E-state index in [1.54, 1.807) is 6.92 Å². The van der Waals surface area contributed by atoms with E-state index in [0.717, 1.165) is 25.9 Å². The monoisotopic (exact) mass is 229 g/mol. The Morgan fingerprint density at radius 3 is 2.69 bits per heavy atom. The molecule has 3 N–H and O–H groups in total. The van der Waals surface area contributed by atoms with Gasteiger partial charge in [-0.25, -0.2) is 4.79 Å². The van der Waals surface area contributed by atoms with Gasteiger partial charge < -0.3 is 20.7 Å². The van der Waals surface area contributed by atoms with E-state index in [0.29, 0.717) is 6.61 Å². The summed E-state index contributed by atoms with van der Waals surface area (Å²) in [5.41, 5.74) is 0. The van der Waals surface area contributed by atoms with E-state index >= 15 is 0 Å². The van der Waals surface area contributed by atoms with Gasteiger partial charge in [-0.05, 0) is 32.9 Å². The van der Waals surface area contributed by atoms with Crippen LogP contribution in [0.3, 0.4) is 0 Å². The van der Waals surface area contributed by atoms with Crippen LogP contribution in [-0.4, -0.2) is 44.3 Å². The Morgan fingerprint density at radius 1 is 1.38 bits per heavy atom. The number of esters is 1. The molecule has 1 aliphatic heterocycles. The molecule has 0 atom stereocenters. The summed E-state index contributed by atoms with van der Waals surface area (Å²) in [6, 6.07) is -0.108. The molecule has 1 heterocycles. The largest absolute Gasteiger partial charge is 0.465 e. The first kappa shape index (κ1) is 12.8. The second kappa shape index (κ2) is 7.05. The van der Waals surface area contributed by atoms with Crippen LogP contribution in [0.15, 0.2) is 0 Å². The van der Waals surface area contributed by atoms with E-state index in [-0.39, 0.29) is 18.6 Å². The highest BCUT2D eigenvalue weighted by atomic mass is 16.5. The van der Waals surface area contributed by atoms with Gasteiger partial charge in [0.1, 0.15) is 6.54 Å². The van der Waals surface area contributed by atoms with Crippen molar-refractivity contribution in [3.63, 3.8) is 0 Å². The minimum absolute atomic E-state index is 0.0787. The van der Waals surface area contributed by atoms with Crippen LogP contribution in [0.1, 0.15) is 19.8 Å². The predicted molar refractivity (Wildman–Crippen MR) is 59.1 cm³/mol. The average molecular weight is 229 g/mol. The van der Waals surface area contributed by atoms with Crippen molar-refractivity contribution in [2.45, 2.75) is 25.8 Å². The second-order valence-corrected chi connectivity index (χ2v) is 3.66. The topological polar surface area (TPSA) is 79.5 Å². The van der Waals surface area contributed by atoms with E-state index in [1.807, 2.05) is 0 Å². The Labute approximate surface area is 95.1 Å². The maximum absolute atomic E-state index is 11.4. The fourth-order valence-corrected chi connectivity index (χ4v) is 1.57. The molecule has 0 spiro atoms. The lowest BCUT2D eigenvalue weighted by atomic mass is 10.1. The van der Waals surface area contributed by atoms with Crippen molar-refractivity contribution in [3.05, 3.63) is 0 Å². The molecule has 1 aliphatic rings. The third-order valence-electron chi connectivity index (χ3n) is 2.37. The molecule has 0 aliphatic carbocycles. The smallest absolute Gasteiger partial charge is 0.325 e. The Bertz CT molecular complexity index is 239. The standard InChI is InChI=1S/C10H19N3O3/c1-2-16-9(14)7-12-10(15)13-8-3-5-11-6-4-8/h8,11H,2-7H2,1H3,(H2,12,13,15). The van der Waals surface area contributed by atoms with Gasteiger partial charge in [0.2, 0.25) is 0 Å². The number of amides is 2. The molecular formula is C10H19N3O3. The summed E-state index contributed by atoms with van der Waals surface area (Å²) in [6.45, 7) is 3.82. The molecule has 0 aromatic carbocycles. The van der Waals surface area contributed by atoms with E-state index in [9.17, 15) is 9.59 Å². The van der Waals surface area contributed by atoms with E-state index < -0.39 is 5.97 Å². The van der Waals surface area contributed by atoms with E-state index in [2.05, 4.69) is 16.0 Å². The van der Waals surface area contributed by atoms with Crippen LogP contribution in [0.5, 0.6) is 0 Å². The normalized spacial score (nSPS) is 16.6. The molecule has 92 valence electrons. The molecule has 16 heavy (non-hydrogen) atoms. The number of carbonyl (C=O) groups excluding carboxylic acids is 2. The van der Waals surface area contributed by atoms with Crippen LogP contribution in [0.2, 0.25) is 0 Å². The number of ether oxygens (including phenoxy) is 1. The second-order valence-electron chi connectivity index (χ2n) is 3.66. The number of carbonyl (C=O) groups is 2. The number of piperidine rings is 1. The summed E-state index contributed by atoms with van der Waals surface area (Å²) in [4.78, 5) is 22.3. The van der Waals surface area contributed by atoms with Gasteiger partial charge in [0, 0.05) is 6.04 Å². The Balaban J connectivity index is 2.12. The van der Waals surface area contributed by atoms with E-state index in [1.165, 1.54) is 0 Å². The molecule has 1 rings (SSSR count). The SMILES string of the molecule is CCOC(=O)CNC(=O)NC1CCNCC1. The quantitative estimate of drug-likeness (QED) is 0.573. The Morgan fingerprint density at radius 2 is 2.06 bits per heavy atom. The van der Waals surface area contributed by atoms with Crippen LogP contribution < -0.4 is 16.0 Å². The lowest BCUT2D eigenvalue weighted by molar-refractivity contribution is -0.141. The highest BCUT2D eigenvalue weighted by molar-refractivity contribution is 5.80. The van der Waals surface area contributed by atoms with Crippen molar-refractivity contribution < 1.29 is 14.3 Å². The van der Waals surface area contributed by atoms with Crippen LogP contribution in [0, 0.1) is 0 Å². The van der Waals surface area contributed by atoms with Gasteiger partial charge in [-0.1, -0.05) is 0 Å². The maximum Gasteiger partial charge on any atom is 0.325 e. The molecule has 0 bridgehead atoms. The molecule has 6 nitrogen and oxygen atoms in total. The molecule has 0 aromatic heterocycles. The molecule has 2 amide bonds. The van der Waals surface area contributed by atoms with Gasteiger partial charge >= 0.3 is 12.0 Å². The number of urea groups is 1. The summed E-state index contributed by atoms with van der Waals surface area (Å²) in [6.07, 6.45) is 1.85. The van der Waals surface area contributed by atoms with Crippen molar-refractivity contribution >= 4 is 12.0 Å². The fourth-order valence-electron chi connectivity index (χ4n) is 1.57. The first-order chi connectivity index (χ1) is 7.72. The minimum atomic E-state index is -0.414. The average Bonchev–Trinajstić information content (AvgIpc) is 2.28. The molecule has 0 aromatic rings. The lowest BCUT2D eigenvalue weighted by Gasteiger charge is -2.23. The van der Waals surface area contributed by atoms with Gasteiger partial charge in [0.15, 0.2) is 0 Å². The molecular weight excluding hydrogens is 210 g/mol.